The second kappa shape index (κ2) is 4.66. The minimum Gasteiger partial charge on any atom is -0.395 e. The summed E-state index contributed by atoms with van der Waals surface area (Å²) >= 11 is 0. The SMILES string of the molecule is CCC(C)C(O)C(N)CO. The molecule has 3 unspecified atom stereocenters. The molecule has 0 saturated carbocycles. The Hall–Kier alpha value is -0.120. The number of hydrogen-bond acceptors (Lipinski definition) is 3. The number of nitrogens with two attached hydrogens (primary N) is 1. The second-order valence-electron chi connectivity index (χ2n) is 2.72. The van der Waals surface area contributed by atoms with Gasteiger partial charge in [0, 0.05) is 0 Å². The third-order valence-electron chi connectivity index (χ3n) is 1.88. The highest BCUT2D eigenvalue weighted by Gasteiger charge is 2.18. The van der Waals surface area contributed by atoms with Crippen LogP contribution >= 0.6 is 0 Å². The van der Waals surface area contributed by atoms with Gasteiger partial charge in [-0.2, -0.15) is 0 Å². The fourth-order valence-corrected chi connectivity index (χ4v) is 0.771. The minimum atomic E-state index is -0.574. The molecule has 0 rings (SSSR count). The molecule has 0 aliphatic rings. The standard InChI is InChI=1S/C7H17NO2/c1-3-5(2)7(10)6(8)4-9/h5-7,9-10H,3-4,8H2,1-2H3. The quantitative estimate of drug-likeness (QED) is 0.512. The van der Waals surface area contributed by atoms with Gasteiger partial charge in [-0.15, -0.1) is 0 Å². The van der Waals surface area contributed by atoms with Crippen LogP contribution in [0.5, 0.6) is 0 Å². The van der Waals surface area contributed by atoms with E-state index in [0.717, 1.165) is 6.42 Å². The van der Waals surface area contributed by atoms with E-state index in [1.807, 2.05) is 13.8 Å². The highest BCUT2D eigenvalue weighted by molar-refractivity contribution is 4.74. The molecule has 3 atom stereocenters. The van der Waals surface area contributed by atoms with Crippen LogP contribution < -0.4 is 5.73 Å². The summed E-state index contributed by atoms with van der Waals surface area (Å²) < 4.78 is 0. The van der Waals surface area contributed by atoms with Crippen molar-refractivity contribution in [2.75, 3.05) is 6.61 Å². The van der Waals surface area contributed by atoms with Crippen LogP contribution in [0.25, 0.3) is 0 Å². The molecule has 3 heteroatoms. The van der Waals surface area contributed by atoms with Crippen molar-refractivity contribution in [3.8, 4) is 0 Å². The zero-order valence-electron chi connectivity index (χ0n) is 6.62. The summed E-state index contributed by atoms with van der Waals surface area (Å²) in [7, 11) is 0. The Kier molecular flexibility index (Phi) is 4.60. The molecule has 0 aromatic heterocycles. The Morgan fingerprint density at radius 1 is 1.50 bits per heavy atom. The average Bonchev–Trinajstić information content (AvgIpc) is 2.00. The van der Waals surface area contributed by atoms with Crippen molar-refractivity contribution in [2.24, 2.45) is 11.7 Å². The molecule has 0 aliphatic carbocycles. The van der Waals surface area contributed by atoms with Crippen LogP contribution in [0.15, 0.2) is 0 Å². The largest absolute Gasteiger partial charge is 0.395 e. The Labute approximate surface area is 61.9 Å². The third-order valence-corrected chi connectivity index (χ3v) is 1.88. The summed E-state index contributed by atoms with van der Waals surface area (Å²) in [5, 5.41) is 17.9. The van der Waals surface area contributed by atoms with E-state index in [1.54, 1.807) is 0 Å². The molecule has 3 nitrogen and oxygen atoms in total. The lowest BCUT2D eigenvalue weighted by atomic mass is 9.97. The number of rotatable bonds is 4. The molecule has 0 aliphatic heterocycles. The topological polar surface area (TPSA) is 66.5 Å². The summed E-state index contributed by atoms with van der Waals surface area (Å²) in [6.07, 6.45) is 0.310. The Bertz CT molecular complexity index is 77.7. The first kappa shape index (κ1) is 9.88. The first-order valence-corrected chi connectivity index (χ1v) is 3.68. The van der Waals surface area contributed by atoms with Gasteiger partial charge in [0.15, 0.2) is 0 Å². The molecule has 0 bridgehead atoms. The molecule has 0 saturated heterocycles. The van der Waals surface area contributed by atoms with Gasteiger partial charge in [-0.1, -0.05) is 20.3 Å². The van der Waals surface area contributed by atoms with Crippen LogP contribution in [0.3, 0.4) is 0 Å². The zero-order valence-corrected chi connectivity index (χ0v) is 6.62. The van der Waals surface area contributed by atoms with Gasteiger partial charge in [-0.3, -0.25) is 0 Å². The van der Waals surface area contributed by atoms with Gasteiger partial charge in [0.1, 0.15) is 0 Å². The van der Waals surface area contributed by atoms with Crippen molar-refractivity contribution in [1.29, 1.82) is 0 Å². The van der Waals surface area contributed by atoms with Crippen LogP contribution in [0.2, 0.25) is 0 Å². The van der Waals surface area contributed by atoms with E-state index in [9.17, 15) is 5.11 Å². The zero-order chi connectivity index (χ0) is 8.15. The van der Waals surface area contributed by atoms with Crippen LogP contribution in [0.4, 0.5) is 0 Å². The van der Waals surface area contributed by atoms with E-state index in [1.165, 1.54) is 0 Å². The third kappa shape index (κ3) is 2.64. The molecule has 4 N–H and O–H groups in total. The van der Waals surface area contributed by atoms with Gasteiger partial charge in [0.05, 0.1) is 18.8 Å². The highest BCUT2D eigenvalue weighted by Crippen LogP contribution is 2.09. The first-order valence-electron chi connectivity index (χ1n) is 3.68. The van der Waals surface area contributed by atoms with Gasteiger partial charge in [-0.25, -0.2) is 0 Å². The van der Waals surface area contributed by atoms with E-state index < -0.39 is 12.1 Å². The Morgan fingerprint density at radius 3 is 2.30 bits per heavy atom. The number of aliphatic hydroxyl groups excluding tert-OH is 2. The van der Waals surface area contributed by atoms with Crippen molar-refractivity contribution >= 4 is 0 Å². The molecular weight excluding hydrogens is 130 g/mol. The molecule has 62 valence electrons. The number of aliphatic hydroxyl groups is 2. The molecule has 0 aromatic carbocycles. The number of hydrogen-bond donors (Lipinski definition) is 3. The summed E-state index contributed by atoms with van der Waals surface area (Å²) in [6.45, 7) is 3.75. The van der Waals surface area contributed by atoms with E-state index >= 15 is 0 Å². The van der Waals surface area contributed by atoms with E-state index in [-0.39, 0.29) is 12.5 Å². The summed E-state index contributed by atoms with van der Waals surface area (Å²) in [6, 6.07) is -0.491. The fourth-order valence-electron chi connectivity index (χ4n) is 0.771. The average molecular weight is 147 g/mol. The van der Waals surface area contributed by atoms with Gasteiger partial charge in [0.25, 0.3) is 0 Å². The van der Waals surface area contributed by atoms with Crippen molar-refractivity contribution in [3.63, 3.8) is 0 Å². The predicted molar refractivity (Wildman–Crippen MR) is 40.5 cm³/mol. The summed E-state index contributed by atoms with van der Waals surface area (Å²) in [5.74, 6) is 0.169. The lowest BCUT2D eigenvalue weighted by Gasteiger charge is -2.21. The van der Waals surface area contributed by atoms with Crippen molar-refractivity contribution in [3.05, 3.63) is 0 Å². The molecule has 0 amide bonds. The lowest BCUT2D eigenvalue weighted by molar-refractivity contribution is 0.0638. The maximum atomic E-state index is 9.30. The van der Waals surface area contributed by atoms with Gasteiger partial charge in [-0.05, 0) is 5.92 Å². The van der Waals surface area contributed by atoms with Crippen molar-refractivity contribution < 1.29 is 10.2 Å². The predicted octanol–water partition coefficient (Wildman–Crippen LogP) is -0.287. The molecule has 0 fully saturated rings. The fraction of sp³-hybridized carbons (Fsp3) is 1.00. The Balaban J connectivity index is 3.69. The molecular formula is C7H17NO2. The summed E-state index contributed by atoms with van der Waals surface area (Å²) in [5.41, 5.74) is 5.39. The van der Waals surface area contributed by atoms with Gasteiger partial charge < -0.3 is 15.9 Å². The Morgan fingerprint density at radius 2 is 2.00 bits per heavy atom. The van der Waals surface area contributed by atoms with Gasteiger partial charge in [0.2, 0.25) is 0 Å². The van der Waals surface area contributed by atoms with Crippen molar-refractivity contribution in [2.45, 2.75) is 32.4 Å². The summed E-state index contributed by atoms with van der Waals surface area (Å²) in [4.78, 5) is 0. The van der Waals surface area contributed by atoms with Crippen molar-refractivity contribution in [1.82, 2.24) is 0 Å². The second-order valence-corrected chi connectivity index (χ2v) is 2.72. The molecule has 0 heterocycles. The molecule has 10 heavy (non-hydrogen) atoms. The molecule has 0 radical (unpaired) electrons. The lowest BCUT2D eigenvalue weighted by Crippen LogP contribution is -2.41. The molecule has 0 aromatic rings. The van der Waals surface area contributed by atoms with Gasteiger partial charge >= 0.3 is 0 Å². The molecule has 0 spiro atoms. The maximum absolute atomic E-state index is 9.30. The van der Waals surface area contributed by atoms with Crippen LogP contribution in [0, 0.1) is 5.92 Å². The van der Waals surface area contributed by atoms with E-state index in [2.05, 4.69) is 0 Å². The maximum Gasteiger partial charge on any atom is 0.0738 e. The minimum absolute atomic E-state index is 0.147. The van der Waals surface area contributed by atoms with Crippen LogP contribution in [-0.4, -0.2) is 29.0 Å². The van der Waals surface area contributed by atoms with E-state index in [4.69, 9.17) is 10.8 Å². The first-order chi connectivity index (χ1) is 4.63. The normalized spacial score (nSPS) is 20.1. The monoisotopic (exact) mass is 147 g/mol. The smallest absolute Gasteiger partial charge is 0.0738 e. The van der Waals surface area contributed by atoms with Crippen LogP contribution in [0.1, 0.15) is 20.3 Å². The van der Waals surface area contributed by atoms with Crippen LogP contribution in [-0.2, 0) is 0 Å². The highest BCUT2D eigenvalue weighted by atomic mass is 16.3. The van der Waals surface area contributed by atoms with E-state index in [0.29, 0.717) is 0 Å².